The lowest BCUT2D eigenvalue weighted by Gasteiger charge is -2.16. The molecule has 1 aliphatic rings. The Bertz CT molecular complexity index is 665. The van der Waals surface area contributed by atoms with Crippen LogP contribution in [0, 0.1) is 0 Å². The molecule has 1 unspecified atom stereocenters. The molecule has 1 rings (SSSR count). The molecule has 0 aromatic carbocycles. The zero-order valence-electron chi connectivity index (χ0n) is 20.2. The van der Waals surface area contributed by atoms with E-state index in [4.69, 9.17) is 14.2 Å². The van der Waals surface area contributed by atoms with Gasteiger partial charge in [0.1, 0.15) is 12.7 Å². The largest absolute Gasteiger partial charge is 0.463 e. The minimum atomic E-state index is -0.580. The highest BCUT2D eigenvalue weighted by Gasteiger charge is 2.33. The molecular formula is C28H42O4. The summed E-state index contributed by atoms with van der Waals surface area (Å²) in [5.41, 5.74) is 0. The molecule has 0 spiro atoms. The van der Waals surface area contributed by atoms with E-state index in [1.54, 1.807) is 0 Å². The first-order chi connectivity index (χ1) is 15.5. The van der Waals surface area contributed by atoms with Gasteiger partial charge < -0.3 is 14.2 Å². The Labute approximate surface area is 195 Å². The third-order valence-electron chi connectivity index (χ3n) is 4.61. The number of esters is 1. The summed E-state index contributed by atoms with van der Waals surface area (Å²) in [7, 11) is 0. The fourth-order valence-electron chi connectivity index (χ4n) is 2.94. The summed E-state index contributed by atoms with van der Waals surface area (Å²) >= 11 is 0. The second kappa shape index (κ2) is 18.4. The van der Waals surface area contributed by atoms with Crippen LogP contribution in [0.2, 0.25) is 0 Å². The zero-order chi connectivity index (χ0) is 23.3. The van der Waals surface area contributed by atoms with Crippen LogP contribution in [-0.2, 0) is 19.0 Å². The number of carbonyl (C=O) groups is 1. The van der Waals surface area contributed by atoms with Gasteiger partial charge in [-0.15, -0.1) is 0 Å². The van der Waals surface area contributed by atoms with Crippen LogP contribution >= 0.6 is 0 Å². The predicted octanol–water partition coefficient (Wildman–Crippen LogP) is 7.16. The number of carbonyl (C=O) groups excluding carboxylic acids is 1. The molecule has 1 fully saturated rings. The topological polar surface area (TPSA) is 44.8 Å². The number of rotatable bonds is 16. The number of hydrogen-bond donors (Lipinski definition) is 0. The van der Waals surface area contributed by atoms with E-state index in [-0.39, 0.29) is 18.7 Å². The molecule has 0 N–H and O–H groups in total. The van der Waals surface area contributed by atoms with Crippen molar-refractivity contribution >= 4 is 5.97 Å². The normalized spacial score (nSPS) is 19.2. The lowest BCUT2D eigenvalue weighted by Crippen LogP contribution is -2.25. The van der Waals surface area contributed by atoms with Crippen molar-refractivity contribution in [1.29, 1.82) is 0 Å². The molecule has 0 saturated carbocycles. The van der Waals surface area contributed by atoms with Crippen molar-refractivity contribution in [2.45, 2.75) is 84.0 Å². The number of hydrogen-bond acceptors (Lipinski definition) is 4. The van der Waals surface area contributed by atoms with Crippen molar-refractivity contribution in [2.75, 3.05) is 13.2 Å². The minimum absolute atomic E-state index is 0.167. The van der Waals surface area contributed by atoms with Gasteiger partial charge in [-0.05, 0) is 58.8 Å². The molecule has 32 heavy (non-hydrogen) atoms. The van der Waals surface area contributed by atoms with Crippen LogP contribution in [-0.4, -0.2) is 31.1 Å². The molecule has 0 amide bonds. The summed E-state index contributed by atoms with van der Waals surface area (Å²) in [5.74, 6) is -0.777. The molecule has 1 heterocycles. The van der Waals surface area contributed by atoms with Crippen LogP contribution in [0.25, 0.3) is 0 Å². The van der Waals surface area contributed by atoms with E-state index in [0.29, 0.717) is 19.4 Å². The van der Waals surface area contributed by atoms with Gasteiger partial charge in [-0.3, -0.25) is 4.79 Å². The maximum atomic E-state index is 11.8. The average Bonchev–Trinajstić information content (AvgIpc) is 3.12. The molecule has 0 aliphatic carbocycles. The summed E-state index contributed by atoms with van der Waals surface area (Å²) in [4.78, 5) is 11.8. The van der Waals surface area contributed by atoms with E-state index < -0.39 is 5.79 Å². The SMILES string of the molecule is CC/C=C\C/C=C\C/C=C\C/C=C\C/C=C\C/C=C\CCC(=O)OCC1COC(C)(C)O1. The average molecular weight is 443 g/mol. The molecule has 178 valence electrons. The highest BCUT2D eigenvalue weighted by Crippen LogP contribution is 2.22. The molecule has 1 atom stereocenters. The van der Waals surface area contributed by atoms with Crippen molar-refractivity contribution in [3.63, 3.8) is 0 Å². The van der Waals surface area contributed by atoms with Crippen LogP contribution in [0.3, 0.4) is 0 Å². The van der Waals surface area contributed by atoms with Gasteiger partial charge >= 0.3 is 5.97 Å². The van der Waals surface area contributed by atoms with Gasteiger partial charge in [0.25, 0.3) is 0 Å². The quantitative estimate of drug-likeness (QED) is 0.188. The Morgan fingerprint density at radius 2 is 1.28 bits per heavy atom. The first-order valence-corrected chi connectivity index (χ1v) is 11.9. The molecule has 4 heteroatoms. The highest BCUT2D eigenvalue weighted by molar-refractivity contribution is 5.69. The van der Waals surface area contributed by atoms with Crippen LogP contribution in [0.5, 0.6) is 0 Å². The Balaban J connectivity index is 1.95. The van der Waals surface area contributed by atoms with E-state index in [9.17, 15) is 4.79 Å². The smallest absolute Gasteiger partial charge is 0.306 e. The van der Waals surface area contributed by atoms with Crippen molar-refractivity contribution in [3.8, 4) is 0 Å². The van der Waals surface area contributed by atoms with Gasteiger partial charge in [-0.25, -0.2) is 0 Å². The molecule has 0 bridgehead atoms. The summed E-state index contributed by atoms with van der Waals surface area (Å²) in [6.45, 7) is 6.59. The molecular weight excluding hydrogens is 400 g/mol. The predicted molar refractivity (Wildman–Crippen MR) is 133 cm³/mol. The van der Waals surface area contributed by atoms with Crippen molar-refractivity contribution < 1.29 is 19.0 Å². The van der Waals surface area contributed by atoms with E-state index in [0.717, 1.165) is 38.5 Å². The van der Waals surface area contributed by atoms with Gasteiger partial charge in [0.15, 0.2) is 5.79 Å². The highest BCUT2D eigenvalue weighted by atomic mass is 16.7. The third kappa shape index (κ3) is 16.5. The standard InChI is InChI=1S/C28H42O4/c1-4-5-6-7-8-9-10-11-12-13-14-15-16-17-18-19-20-21-22-23-27(29)30-24-26-25-31-28(2,3)32-26/h5-6,8-9,11-12,14-15,17-18,20-21,26H,4,7,10,13,16,19,22-25H2,1-3H3/b6-5-,9-8-,12-11-,15-14-,18-17-,21-20-. The van der Waals surface area contributed by atoms with Gasteiger partial charge in [-0.1, -0.05) is 79.8 Å². The summed E-state index contributed by atoms with van der Waals surface area (Å²) in [6, 6.07) is 0. The molecule has 0 aromatic heterocycles. The Morgan fingerprint density at radius 1 is 0.812 bits per heavy atom. The van der Waals surface area contributed by atoms with Crippen LogP contribution in [0.1, 0.15) is 72.1 Å². The summed E-state index contributed by atoms with van der Waals surface area (Å²) < 4.78 is 16.3. The Morgan fingerprint density at radius 3 is 1.72 bits per heavy atom. The van der Waals surface area contributed by atoms with E-state index in [1.807, 2.05) is 19.9 Å². The fourth-order valence-corrected chi connectivity index (χ4v) is 2.94. The van der Waals surface area contributed by atoms with Gasteiger partial charge in [0.05, 0.1) is 6.61 Å². The summed E-state index contributed by atoms with van der Waals surface area (Å²) in [5, 5.41) is 0. The first kappa shape index (κ1) is 27.9. The zero-order valence-corrected chi connectivity index (χ0v) is 20.2. The molecule has 1 saturated heterocycles. The third-order valence-corrected chi connectivity index (χ3v) is 4.61. The second-order valence-corrected chi connectivity index (χ2v) is 8.09. The molecule has 0 radical (unpaired) electrons. The molecule has 1 aliphatic heterocycles. The Kier molecular flexibility index (Phi) is 16.0. The number of allylic oxidation sites excluding steroid dienone is 12. The lowest BCUT2D eigenvalue weighted by atomic mass is 10.2. The Hall–Kier alpha value is -2.17. The molecule has 0 aromatic rings. The van der Waals surface area contributed by atoms with Crippen molar-refractivity contribution in [2.24, 2.45) is 0 Å². The van der Waals surface area contributed by atoms with Crippen LogP contribution < -0.4 is 0 Å². The van der Waals surface area contributed by atoms with E-state index in [1.165, 1.54) is 0 Å². The second-order valence-electron chi connectivity index (χ2n) is 8.09. The van der Waals surface area contributed by atoms with Gasteiger partial charge in [-0.2, -0.15) is 0 Å². The fraction of sp³-hybridized carbons (Fsp3) is 0.536. The maximum Gasteiger partial charge on any atom is 0.306 e. The minimum Gasteiger partial charge on any atom is -0.463 e. The lowest BCUT2D eigenvalue weighted by molar-refractivity contribution is -0.158. The van der Waals surface area contributed by atoms with Crippen molar-refractivity contribution in [3.05, 3.63) is 72.9 Å². The maximum absolute atomic E-state index is 11.8. The van der Waals surface area contributed by atoms with Gasteiger partial charge in [0.2, 0.25) is 0 Å². The number of ether oxygens (including phenoxy) is 3. The summed E-state index contributed by atoms with van der Waals surface area (Å²) in [6.07, 6.45) is 32.9. The van der Waals surface area contributed by atoms with Crippen LogP contribution in [0.4, 0.5) is 0 Å². The van der Waals surface area contributed by atoms with Gasteiger partial charge in [0, 0.05) is 6.42 Å². The van der Waals surface area contributed by atoms with Crippen molar-refractivity contribution in [1.82, 2.24) is 0 Å². The van der Waals surface area contributed by atoms with E-state index >= 15 is 0 Å². The van der Waals surface area contributed by atoms with E-state index in [2.05, 4.69) is 73.8 Å². The van der Waals surface area contributed by atoms with Crippen LogP contribution in [0.15, 0.2) is 72.9 Å². The first-order valence-electron chi connectivity index (χ1n) is 11.9. The monoisotopic (exact) mass is 442 g/mol. The molecule has 4 nitrogen and oxygen atoms in total.